The van der Waals surface area contributed by atoms with Crippen molar-refractivity contribution >= 4 is 29.7 Å². The number of amides is 3. The fourth-order valence-electron chi connectivity index (χ4n) is 3.22. The SMILES string of the molecule is CC(C)CC(N)C(=O)NC(CO)C(=O)NC(CC(=O)O)C(=O)N1CCCC1C(=O)O. The third-order valence-corrected chi connectivity index (χ3v) is 4.69. The number of nitrogens with one attached hydrogen (secondary N) is 2. The summed E-state index contributed by atoms with van der Waals surface area (Å²) in [6, 6.07) is -5.02. The van der Waals surface area contributed by atoms with E-state index in [-0.39, 0.29) is 18.9 Å². The second-order valence-corrected chi connectivity index (χ2v) is 7.67. The average Bonchev–Trinajstić information content (AvgIpc) is 3.13. The highest BCUT2D eigenvalue weighted by Crippen LogP contribution is 2.19. The first-order chi connectivity index (χ1) is 14.0. The Morgan fingerprint density at radius 1 is 1.07 bits per heavy atom. The first-order valence-corrected chi connectivity index (χ1v) is 9.70. The van der Waals surface area contributed by atoms with Crippen LogP contribution in [0.3, 0.4) is 0 Å². The van der Waals surface area contributed by atoms with Gasteiger partial charge in [-0.25, -0.2) is 4.79 Å². The van der Waals surface area contributed by atoms with Crippen LogP contribution in [0.15, 0.2) is 0 Å². The van der Waals surface area contributed by atoms with Gasteiger partial charge in [-0.3, -0.25) is 19.2 Å². The predicted octanol–water partition coefficient (Wildman–Crippen LogP) is -2.13. The molecular weight excluding hydrogens is 400 g/mol. The van der Waals surface area contributed by atoms with Crippen molar-refractivity contribution in [3.05, 3.63) is 0 Å². The van der Waals surface area contributed by atoms with Gasteiger partial charge in [0.05, 0.1) is 19.1 Å². The Labute approximate surface area is 173 Å². The van der Waals surface area contributed by atoms with E-state index in [1.165, 1.54) is 0 Å². The molecule has 1 saturated heterocycles. The molecule has 1 aliphatic rings. The van der Waals surface area contributed by atoms with Gasteiger partial charge >= 0.3 is 11.9 Å². The van der Waals surface area contributed by atoms with E-state index in [9.17, 15) is 34.2 Å². The summed E-state index contributed by atoms with van der Waals surface area (Å²) in [5.41, 5.74) is 5.74. The molecule has 4 unspecified atom stereocenters. The van der Waals surface area contributed by atoms with Crippen LogP contribution in [0.25, 0.3) is 0 Å². The number of aliphatic carboxylic acids is 2. The molecule has 0 aliphatic carbocycles. The van der Waals surface area contributed by atoms with Gasteiger partial charge in [0.15, 0.2) is 0 Å². The molecule has 0 saturated carbocycles. The van der Waals surface area contributed by atoms with Crippen LogP contribution in [0.5, 0.6) is 0 Å². The van der Waals surface area contributed by atoms with E-state index in [2.05, 4.69) is 10.6 Å². The summed E-state index contributed by atoms with van der Waals surface area (Å²) >= 11 is 0. The van der Waals surface area contributed by atoms with Crippen molar-refractivity contribution in [2.24, 2.45) is 11.7 Å². The number of aliphatic hydroxyl groups excluding tert-OH is 1. The van der Waals surface area contributed by atoms with Crippen molar-refractivity contribution in [1.29, 1.82) is 0 Å². The van der Waals surface area contributed by atoms with Gasteiger partial charge in [-0.2, -0.15) is 0 Å². The Hall–Kier alpha value is -2.73. The fourth-order valence-corrected chi connectivity index (χ4v) is 3.22. The highest BCUT2D eigenvalue weighted by atomic mass is 16.4. The molecule has 0 radical (unpaired) electrons. The lowest BCUT2D eigenvalue weighted by Crippen LogP contribution is -2.58. The van der Waals surface area contributed by atoms with Crippen molar-refractivity contribution in [1.82, 2.24) is 15.5 Å². The number of nitrogens with zero attached hydrogens (tertiary/aromatic N) is 1. The van der Waals surface area contributed by atoms with Crippen molar-refractivity contribution < 1.29 is 39.3 Å². The van der Waals surface area contributed by atoms with Crippen LogP contribution in [0, 0.1) is 5.92 Å². The lowest BCUT2D eigenvalue weighted by molar-refractivity contribution is -0.150. The molecule has 30 heavy (non-hydrogen) atoms. The number of rotatable bonds is 11. The second-order valence-electron chi connectivity index (χ2n) is 7.67. The number of aliphatic hydroxyl groups is 1. The van der Waals surface area contributed by atoms with Gasteiger partial charge in [0.1, 0.15) is 18.1 Å². The molecular formula is C18H30N4O8. The molecule has 1 heterocycles. The third-order valence-electron chi connectivity index (χ3n) is 4.69. The first kappa shape index (κ1) is 25.3. The highest BCUT2D eigenvalue weighted by molar-refractivity contribution is 5.95. The molecule has 170 valence electrons. The molecule has 4 atom stereocenters. The topological polar surface area (TPSA) is 199 Å². The highest BCUT2D eigenvalue weighted by Gasteiger charge is 2.39. The normalized spacial score (nSPS) is 19.1. The molecule has 3 amide bonds. The molecule has 12 nitrogen and oxygen atoms in total. The Morgan fingerprint density at radius 2 is 1.67 bits per heavy atom. The van der Waals surface area contributed by atoms with Crippen LogP contribution in [0.1, 0.15) is 39.5 Å². The van der Waals surface area contributed by atoms with Crippen LogP contribution >= 0.6 is 0 Å². The Bertz CT molecular complexity index is 669. The van der Waals surface area contributed by atoms with Crippen LogP contribution in [0.2, 0.25) is 0 Å². The van der Waals surface area contributed by atoms with E-state index in [0.717, 1.165) is 4.90 Å². The van der Waals surface area contributed by atoms with Crippen molar-refractivity contribution in [3.8, 4) is 0 Å². The standard InChI is InChI=1S/C18H30N4O8/c1-9(2)6-10(19)15(26)21-12(8-23)16(27)20-11(7-14(24)25)17(28)22-5-3-4-13(22)18(29)30/h9-13,23H,3-8,19H2,1-2H3,(H,20,27)(H,21,26)(H,24,25)(H,29,30). The van der Waals surface area contributed by atoms with Gasteiger partial charge in [-0.05, 0) is 25.2 Å². The summed E-state index contributed by atoms with van der Waals surface area (Å²) in [6.45, 7) is 3.02. The zero-order valence-electron chi connectivity index (χ0n) is 17.0. The summed E-state index contributed by atoms with van der Waals surface area (Å²) in [6.07, 6.45) is 0.209. The van der Waals surface area contributed by atoms with E-state index in [0.29, 0.717) is 12.8 Å². The minimum atomic E-state index is -1.55. The van der Waals surface area contributed by atoms with Gasteiger partial charge < -0.3 is 36.6 Å². The lowest BCUT2D eigenvalue weighted by Gasteiger charge is -2.28. The number of carboxylic acids is 2. The van der Waals surface area contributed by atoms with E-state index in [4.69, 9.17) is 10.8 Å². The number of carbonyl (C=O) groups excluding carboxylic acids is 3. The van der Waals surface area contributed by atoms with Gasteiger partial charge in [0.2, 0.25) is 17.7 Å². The largest absolute Gasteiger partial charge is 0.481 e. The first-order valence-electron chi connectivity index (χ1n) is 9.70. The molecule has 1 fully saturated rings. The summed E-state index contributed by atoms with van der Waals surface area (Å²) in [4.78, 5) is 60.8. The van der Waals surface area contributed by atoms with E-state index >= 15 is 0 Å². The molecule has 0 bridgehead atoms. The van der Waals surface area contributed by atoms with Gasteiger partial charge in [0.25, 0.3) is 0 Å². The number of carbonyl (C=O) groups is 5. The number of carboxylic acid groups (broad SMARTS) is 2. The third kappa shape index (κ3) is 7.26. The van der Waals surface area contributed by atoms with Crippen LogP contribution < -0.4 is 16.4 Å². The summed E-state index contributed by atoms with van der Waals surface area (Å²) in [7, 11) is 0. The smallest absolute Gasteiger partial charge is 0.326 e. The maximum Gasteiger partial charge on any atom is 0.326 e. The Balaban J connectivity index is 2.88. The molecule has 7 N–H and O–H groups in total. The Kier molecular flexibility index (Phi) is 9.66. The number of likely N-dealkylation sites (tertiary alicyclic amines) is 1. The van der Waals surface area contributed by atoms with Gasteiger partial charge in [-0.1, -0.05) is 13.8 Å². The minimum absolute atomic E-state index is 0.117. The zero-order valence-corrected chi connectivity index (χ0v) is 17.0. The van der Waals surface area contributed by atoms with Crippen LogP contribution in [-0.2, 0) is 24.0 Å². The molecule has 0 spiro atoms. The van der Waals surface area contributed by atoms with E-state index in [1.54, 1.807) is 0 Å². The molecule has 0 aromatic carbocycles. The minimum Gasteiger partial charge on any atom is -0.481 e. The predicted molar refractivity (Wildman–Crippen MR) is 103 cm³/mol. The van der Waals surface area contributed by atoms with Crippen LogP contribution in [-0.4, -0.2) is 87.2 Å². The van der Waals surface area contributed by atoms with Crippen molar-refractivity contribution in [3.63, 3.8) is 0 Å². The van der Waals surface area contributed by atoms with Crippen LogP contribution in [0.4, 0.5) is 0 Å². The van der Waals surface area contributed by atoms with Gasteiger partial charge in [-0.15, -0.1) is 0 Å². The Morgan fingerprint density at radius 3 is 2.17 bits per heavy atom. The fraction of sp³-hybridized carbons (Fsp3) is 0.722. The van der Waals surface area contributed by atoms with E-state index < -0.39 is 66.9 Å². The number of nitrogens with two attached hydrogens (primary N) is 1. The maximum absolute atomic E-state index is 12.7. The van der Waals surface area contributed by atoms with E-state index in [1.807, 2.05) is 13.8 Å². The van der Waals surface area contributed by atoms with Gasteiger partial charge in [0, 0.05) is 6.54 Å². The average molecular weight is 430 g/mol. The monoisotopic (exact) mass is 430 g/mol. The van der Waals surface area contributed by atoms with Crippen molar-refractivity contribution in [2.45, 2.75) is 63.7 Å². The lowest BCUT2D eigenvalue weighted by atomic mass is 10.0. The number of hydrogen-bond donors (Lipinski definition) is 6. The summed E-state index contributed by atoms with van der Waals surface area (Å²) in [5.74, 6) is -5.00. The summed E-state index contributed by atoms with van der Waals surface area (Å²) in [5, 5.41) is 32.3. The maximum atomic E-state index is 12.7. The summed E-state index contributed by atoms with van der Waals surface area (Å²) < 4.78 is 0. The molecule has 0 aromatic heterocycles. The molecule has 12 heteroatoms. The zero-order chi connectivity index (χ0) is 23.0. The molecule has 1 rings (SSSR count). The van der Waals surface area contributed by atoms with Crippen molar-refractivity contribution in [2.75, 3.05) is 13.2 Å². The number of hydrogen-bond acceptors (Lipinski definition) is 7. The molecule has 0 aromatic rings. The quantitative estimate of drug-likeness (QED) is 0.212. The molecule has 1 aliphatic heterocycles. The second kappa shape index (κ2) is 11.5.